The van der Waals surface area contributed by atoms with Crippen molar-refractivity contribution in [1.29, 1.82) is 0 Å². The average Bonchev–Trinajstić information content (AvgIpc) is 3.03. The topological polar surface area (TPSA) is 67.6 Å². The molecule has 5 nitrogen and oxygen atoms in total. The number of nitrogens with one attached hydrogen (secondary N) is 1. The number of benzene rings is 1. The van der Waals surface area contributed by atoms with Crippen molar-refractivity contribution in [3.8, 4) is 5.75 Å². The third-order valence-electron chi connectivity index (χ3n) is 4.85. The van der Waals surface area contributed by atoms with Gasteiger partial charge in [-0.05, 0) is 37.1 Å². The zero-order chi connectivity index (χ0) is 16.9. The van der Waals surface area contributed by atoms with Crippen LogP contribution in [-0.4, -0.2) is 43.1 Å². The number of ether oxygens (including phenoxy) is 1. The molecule has 3 N–H and O–H groups in total. The Kier molecular flexibility index (Phi) is 8.00. The summed E-state index contributed by atoms with van der Waals surface area (Å²) >= 11 is 3.62. The molecule has 2 heterocycles. The largest absolute Gasteiger partial charge is 0.493 e. The molecule has 0 spiro atoms. The molecule has 1 aromatic carbocycles. The summed E-state index contributed by atoms with van der Waals surface area (Å²) in [5, 5.41) is 3.03. The molecule has 0 aliphatic carbocycles. The maximum absolute atomic E-state index is 11.7. The number of halogens is 2. The van der Waals surface area contributed by atoms with Crippen LogP contribution in [0, 0.1) is 0 Å². The first-order chi connectivity index (χ1) is 11.7. The summed E-state index contributed by atoms with van der Waals surface area (Å²) in [6, 6.07) is 4.71. The van der Waals surface area contributed by atoms with Crippen LogP contribution in [0.4, 0.5) is 0 Å². The van der Waals surface area contributed by atoms with E-state index in [1.165, 1.54) is 24.0 Å². The van der Waals surface area contributed by atoms with E-state index in [2.05, 4.69) is 38.3 Å². The van der Waals surface area contributed by atoms with Gasteiger partial charge in [0.25, 0.3) is 0 Å². The van der Waals surface area contributed by atoms with E-state index < -0.39 is 0 Å². The molecule has 1 atom stereocenters. The Balaban J connectivity index is 0.00000225. The number of nitrogens with two attached hydrogens (primary N) is 1. The van der Waals surface area contributed by atoms with Crippen LogP contribution in [0.25, 0.3) is 0 Å². The highest BCUT2D eigenvalue weighted by molar-refractivity contribution is 9.10. The Labute approximate surface area is 164 Å². The van der Waals surface area contributed by atoms with Crippen molar-refractivity contribution in [3.05, 3.63) is 27.7 Å². The van der Waals surface area contributed by atoms with Gasteiger partial charge in [0.2, 0.25) is 5.91 Å². The summed E-state index contributed by atoms with van der Waals surface area (Å²) in [5.41, 5.74) is 7.99. The van der Waals surface area contributed by atoms with Gasteiger partial charge in [-0.15, -0.1) is 12.4 Å². The molecule has 25 heavy (non-hydrogen) atoms. The van der Waals surface area contributed by atoms with Gasteiger partial charge in [-0.2, -0.15) is 0 Å². The van der Waals surface area contributed by atoms with E-state index in [9.17, 15) is 4.79 Å². The summed E-state index contributed by atoms with van der Waals surface area (Å²) < 4.78 is 6.98. The van der Waals surface area contributed by atoms with E-state index in [1.807, 2.05) is 0 Å². The lowest BCUT2D eigenvalue weighted by atomic mass is 10.00. The van der Waals surface area contributed by atoms with Crippen molar-refractivity contribution in [2.24, 2.45) is 5.73 Å². The molecule has 1 amide bonds. The molecule has 0 aromatic heterocycles. The van der Waals surface area contributed by atoms with Gasteiger partial charge in [0.1, 0.15) is 5.75 Å². The fraction of sp³-hybridized carbons (Fsp3) is 0.611. The first-order valence-electron chi connectivity index (χ1n) is 8.82. The first kappa shape index (κ1) is 20.5. The second-order valence-corrected chi connectivity index (χ2v) is 7.53. The molecular weight excluding hydrogens is 406 g/mol. The van der Waals surface area contributed by atoms with Crippen LogP contribution in [0.5, 0.6) is 5.75 Å². The number of amides is 1. The molecule has 3 rings (SSSR count). The number of piperidine rings is 1. The van der Waals surface area contributed by atoms with Crippen LogP contribution in [0.1, 0.15) is 36.8 Å². The molecule has 1 unspecified atom stereocenters. The van der Waals surface area contributed by atoms with Crippen molar-refractivity contribution >= 4 is 34.2 Å². The summed E-state index contributed by atoms with van der Waals surface area (Å²) in [5.74, 6) is 1.12. The molecule has 1 saturated heterocycles. The lowest BCUT2D eigenvalue weighted by Gasteiger charge is -2.36. The molecule has 7 heteroatoms. The van der Waals surface area contributed by atoms with Gasteiger partial charge in [0.05, 0.1) is 6.61 Å². The maximum atomic E-state index is 11.7. The van der Waals surface area contributed by atoms with E-state index in [-0.39, 0.29) is 18.3 Å². The van der Waals surface area contributed by atoms with Crippen LogP contribution in [-0.2, 0) is 17.8 Å². The zero-order valence-electron chi connectivity index (χ0n) is 14.4. The molecule has 140 valence electrons. The number of carbonyl (C=O) groups is 1. The van der Waals surface area contributed by atoms with Crippen molar-refractivity contribution in [2.45, 2.75) is 44.7 Å². The number of rotatable bonds is 6. The molecule has 2 aliphatic heterocycles. The Morgan fingerprint density at radius 3 is 3.04 bits per heavy atom. The predicted molar refractivity (Wildman–Crippen MR) is 105 cm³/mol. The number of hydrogen-bond donors (Lipinski definition) is 2. The van der Waals surface area contributed by atoms with E-state index in [4.69, 9.17) is 10.5 Å². The molecular formula is C18H27BrClN3O2. The monoisotopic (exact) mass is 431 g/mol. The minimum absolute atomic E-state index is 0. The minimum Gasteiger partial charge on any atom is -0.493 e. The van der Waals surface area contributed by atoms with Crippen molar-refractivity contribution in [2.75, 3.05) is 26.2 Å². The third-order valence-corrected chi connectivity index (χ3v) is 5.31. The molecule has 0 saturated carbocycles. The quantitative estimate of drug-likeness (QED) is 0.725. The number of hydrogen-bond acceptors (Lipinski definition) is 4. The van der Waals surface area contributed by atoms with Crippen molar-refractivity contribution in [1.82, 2.24) is 10.2 Å². The van der Waals surface area contributed by atoms with Gasteiger partial charge in [0, 0.05) is 48.6 Å². The van der Waals surface area contributed by atoms with E-state index >= 15 is 0 Å². The molecule has 1 aromatic rings. The number of carbonyl (C=O) groups excluding carboxylic acids is 1. The fourth-order valence-electron chi connectivity index (χ4n) is 3.63. The van der Waals surface area contributed by atoms with Gasteiger partial charge in [0.15, 0.2) is 0 Å². The van der Waals surface area contributed by atoms with E-state index in [0.717, 1.165) is 42.8 Å². The van der Waals surface area contributed by atoms with Gasteiger partial charge >= 0.3 is 0 Å². The Morgan fingerprint density at radius 2 is 2.24 bits per heavy atom. The van der Waals surface area contributed by atoms with E-state index in [0.29, 0.717) is 25.6 Å². The third kappa shape index (κ3) is 5.33. The number of nitrogens with zero attached hydrogens (tertiary/aromatic N) is 1. The maximum Gasteiger partial charge on any atom is 0.221 e. The second-order valence-electron chi connectivity index (χ2n) is 6.61. The second kappa shape index (κ2) is 9.76. The van der Waals surface area contributed by atoms with Crippen LogP contribution in [0.2, 0.25) is 0 Å². The van der Waals surface area contributed by atoms with Crippen molar-refractivity contribution < 1.29 is 9.53 Å². The summed E-state index contributed by atoms with van der Waals surface area (Å²) in [6.45, 7) is 3.83. The van der Waals surface area contributed by atoms with E-state index in [1.54, 1.807) is 0 Å². The zero-order valence-corrected chi connectivity index (χ0v) is 16.8. The van der Waals surface area contributed by atoms with Crippen LogP contribution < -0.4 is 15.8 Å². The van der Waals surface area contributed by atoms with Gasteiger partial charge < -0.3 is 15.8 Å². The summed E-state index contributed by atoms with van der Waals surface area (Å²) in [6.07, 6.45) is 4.95. The van der Waals surface area contributed by atoms with Crippen molar-refractivity contribution in [3.63, 3.8) is 0 Å². The number of likely N-dealkylation sites (tertiary alicyclic amines) is 1. The highest BCUT2D eigenvalue weighted by Gasteiger charge is 2.25. The predicted octanol–water partition coefficient (Wildman–Crippen LogP) is 2.63. The Bertz CT molecular complexity index is 600. The summed E-state index contributed by atoms with van der Waals surface area (Å²) in [4.78, 5) is 14.2. The lowest BCUT2D eigenvalue weighted by Crippen LogP contribution is -2.46. The smallest absolute Gasteiger partial charge is 0.221 e. The Hall–Kier alpha value is -0.820. The average molecular weight is 433 g/mol. The lowest BCUT2D eigenvalue weighted by molar-refractivity contribution is -0.121. The van der Waals surface area contributed by atoms with Gasteiger partial charge in [-0.3, -0.25) is 9.69 Å². The number of fused-ring (bicyclic) bond motifs is 1. The first-order valence-corrected chi connectivity index (χ1v) is 9.61. The molecule has 0 radical (unpaired) electrons. The van der Waals surface area contributed by atoms with Gasteiger partial charge in [-0.1, -0.05) is 22.4 Å². The normalized spacial score (nSPS) is 19.7. The highest BCUT2D eigenvalue weighted by Crippen LogP contribution is 2.34. The van der Waals surface area contributed by atoms with Crippen LogP contribution in [0.15, 0.2) is 16.6 Å². The van der Waals surface area contributed by atoms with Crippen LogP contribution >= 0.6 is 28.3 Å². The van der Waals surface area contributed by atoms with Crippen LogP contribution in [0.3, 0.4) is 0 Å². The summed E-state index contributed by atoms with van der Waals surface area (Å²) in [7, 11) is 0. The van der Waals surface area contributed by atoms with Gasteiger partial charge in [-0.25, -0.2) is 0 Å². The molecule has 1 fully saturated rings. The molecule has 2 aliphatic rings. The Morgan fingerprint density at radius 1 is 1.40 bits per heavy atom. The minimum atomic E-state index is 0. The SMILES string of the molecule is Cl.NCCC(=O)NCC1CCCCN1Cc1cc(Br)cc2c1OCC2. The fourth-order valence-corrected chi connectivity index (χ4v) is 4.19. The highest BCUT2D eigenvalue weighted by atomic mass is 79.9. The molecule has 0 bridgehead atoms. The standard InChI is InChI=1S/C18H26BrN3O2.ClH/c19-15-9-13-5-8-24-18(13)14(10-15)12-22-7-2-1-3-16(22)11-21-17(23)4-6-20;/h9-10,16H,1-8,11-12,20H2,(H,21,23);1H.